The highest BCUT2D eigenvalue weighted by Gasteiger charge is 2.35. The average molecular weight is 248 g/mol. The van der Waals surface area contributed by atoms with Crippen molar-refractivity contribution in [1.82, 2.24) is 5.32 Å². The van der Waals surface area contributed by atoms with Crippen LogP contribution < -0.4 is 11.1 Å². The van der Waals surface area contributed by atoms with Crippen LogP contribution in [0.5, 0.6) is 0 Å². The summed E-state index contributed by atoms with van der Waals surface area (Å²) in [6, 6.07) is 8.00. The first kappa shape index (κ1) is 12.0. The summed E-state index contributed by atoms with van der Waals surface area (Å²) >= 11 is 4.93. The third-order valence-electron chi connectivity index (χ3n) is 3.22. The molecule has 1 amide bonds. The Morgan fingerprint density at radius 3 is 2.71 bits per heavy atom. The molecule has 0 saturated heterocycles. The second-order valence-electron chi connectivity index (χ2n) is 4.93. The largest absolute Gasteiger partial charge is 0.391 e. The van der Waals surface area contributed by atoms with E-state index in [0.717, 1.165) is 12.0 Å². The molecule has 90 valence electrons. The first-order chi connectivity index (χ1) is 7.92. The lowest BCUT2D eigenvalue weighted by Crippen LogP contribution is -2.54. The molecule has 0 aromatic heterocycles. The van der Waals surface area contributed by atoms with Crippen molar-refractivity contribution in [1.29, 1.82) is 0 Å². The van der Waals surface area contributed by atoms with Gasteiger partial charge in [-0.1, -0.05) is 36.5 Å². The van der Waals surface area contributed by atoms with Gasteiger partial charge >= 0.3 is 0 Å². The zero-order chi connectivity index (χ0) is 12.6. The highest BCUT2D eigenvalue weighted by molar-refractivity contribution is 7.80. The van der Waals surface area contributed by atoms with E-state index in [2.05, 4.69) is 11.4 Å². The fourth-order valence-corrected chi connectivity index (χ4v) is 2.00. The monoisotopic (exact) mass is 248 g/mol. The molecule has 0 saturated carbocycles. The Labute approximate surface area is 106 Å². The van der Waals surface area contributed by atoms with Crippen LogP contribution in [-0.4, -0.2) is 16.4 Å². The van der Waals surface area contributed by atoms with Crippen LogP contribution in [-0.2, 0) is 11.2 Å². The maximum absolute atomic E-state index is 12.1. The highest BCUT2D eigenvalue weighted by atomic mass is 32.1. The lowest BCUT2D eigenvalue weighted by Gasteiger charge is -2.33. The number of nitrogens with two attached hydrogens (primary N) is 1. The van der Waals surface area contributed by atoms with Gasteiger partial charge in [-0.15, -0.1) is 0 Å². The summed E-state index contributed by atoms with van der Waals surface area (Å²) in [6.45, 7) is 3.63. The van der Waals surface area contributed by atoms with Crippen molar-refractivity contribution in [2.75, 3.05) is 0 Å². The molecule has 0 radical (unpaired) electrons. The first-order valence-electron chi connectivity index (χ1n) is 5.61. The third kappa shape index (κ3) is 2.17. The summed E-state index contributed by atoms with van der Waals surface area (Å²) in [4.78, 5) is 12.4. The molecule has 1 aromatic carbocycles. The summed E-state index contributed by atoms with van der Waals surface area (Å²) in [5, 5.41) is 2.89. The standard InChI is InChI=1S/C13H16N2OS/c1-13(2,12(14)17)15-11(16)10-7-8-5-3-4-6-9(8)10/h3-6,10H,7H2,1-2H3,(H2,14,17)(H,15,16). The molecule has 1 aliphatic carbocycles. The van der Waals surface area contributed by atoms with Gasteiger partial charge < -0.3 is 11.1 Å². The van der Waals surface area contributed by atoms with Gasteiger partial charge in [0.15, 0.2) is 0 Å². The van der Waals surface area contributed by atoms with E-state index in [1.807, 2.05) is 32.0 Å². The summed E-state index contributed by atoms with van der Waals surface area (Å²) in [7, 11) is 0. The fourth-order valence-electron chi connectivity index (χ4n) is 1.95. The van der Waals surface area contributed by atoms with E-state index in [-0.39, 0.29) is 11.8 Å². The van der Waals surface area contributed by atoms with Crippen LogP contribution in [0.25, 0.3) is 0 Å². The number of fused-ring (bicyclic) bond motifs is 1. The molecule has 0 fully saturated rings. The lowest BCUT2D eigenvalue weighted by atomic mass is 9.77. The molecule has 1 aliphatic rings. The molecule has 4 heteroatoms. The molecule has 0 heterocycles. The lowest BCUT2D eigenvalue weighted by molar-refractivity contribution is -0.124. The number of hydrogen-bond acceptors (Lipinski definition) is 2. The minimum absolute atomic E-state index is 0.00139. The Bertz CT molecular complexity index is 482. The van der Waals surface area contributed by atoms with Crippen molar-refractivity contribution in [2.45, 2.75) is 31.7 Å². The van der Waals surface area contributed by atoms with Gasteiger partial charge in [0.1, 0.15) is 0 Å². The predicted octanol–water partition coefficient (Wildman–Crippen LogP) is 1.51. The zero-order valence-electron chi connectivity index (χ0n) is 9.99. The fraction of sp³-hybridized carbons (Fsp3) is 0.385. The SMILES string of the molecule is CC(C)(NC(=O)C1Cc2ccccc21)C(N)=S. The predicted molar refractivity (Wildman–Crippen MR) is 71.9 cm³/mol. The van der Waals surface area contributed by atoms with Crippen LogP contribution in [0.2, 0.25) is 0 Å². The number of rotatable bonds is 3. The van der Waals surface area contributed by atoms with E-state index in [1.54, 1.807) is 0 Å². The molecular formula is C13H16N2OS. The topological polar surface area (TPSA) is 55.1 Å². The number of hydrogen-bond donors (Lipinski definition) is 2. The van der Waals surface area contributed by atoms with Gasteiger partial charge in [0.25, 0.3) is 0 Å². The molecule has 1 atom stereocenters. The summed E-state index contributed by atoms with van der Waals surface area (Å²) in [6.07, 6.45) is 0.801. The van der Waals surface area contributed by atoms with Crippen molar-refractivity contribution in [3.05, 3.63) is 35.4 Å². The van der Waals surface area contributed by atoms with Crippen LogP contribution in [0.4, 0.5) is 0 Å². The summed E-state index contributed by atoms with van der Waals surface area (Å²) in [5.41, 5.74) is 7.33. The number of amides is 1. The smallest absolute Gasteiger partial charge is 0.228 e. The van der Waals surface area contributed by atoms with Gasteiger partial charge in [0.2, 0.25) is 5.91 Å². The maximum atomic E-state index is 12.1. The minimum atomic E-state index is -0.628. The molecule has 1 aromatic rings. The van der Waals surface area contributed by atoms with Crippen molar-refractivity contribution in [3.63, 3.8) is 0 Å². The van der Waals surface area contributed by atoms with Crippen LogP contribution in [0.1, 0.15) is 30.9 Å². The second kappa shape index (κ2) is 4.11. The Morgan fingerprint density at radius 2 is 2.12 bits per heavy atom. The van der Waals surface area contributed by atoms with Gasteiger partial charge in [0.05, 0.1) is 16.4 Å². The number of carbonyl (C=O) groups is 1. The third-order valence-corrected chi connectivity index (χ3v) is 3.73. The summed E-state index contributed by atoms with van der Waals surface area (Å²) < 4.78 is 0. The molecule has 2 rings (SSSR count). The molecule has 1 unspecified atom stereocenters. The van der Waals surface area contributed by atoms with Crippen molar-refractivity contribution >= 4 is 23.1 Å². The highest BCUT2D eigenvalue weighted by Crippen LogP contribution is 2.35. The van der Waals surface area contributed by atoms with Gasteiger partial charge in [0, 0.05) is 0 Å². The number of nitrogens with one attached hydrogen (secondary N) is 1. The molecule has 0 bridgehead atoms. The summed E-state index contributed by atoms with van der Waals surface area (Å²) in [5.74, 6) is -0.0543. The van der Waals surface area contributed by atoms with Crippen molar-refractivity contribution in [2.24, 2.45) is 5.73 Å². The normalized spacial score (nSPS) is 17.9. The number of benzene rings is 1. The number of thiocarbonyl (C=S) groups is 1. The zero-order valence-corrected chi connectivity index (χ0v) is 10.8. The van der Waals surface area contributed by atoms with E-state index in [0.29, 0.717) is 4.99 Å². The van der Waals surface area contributed by atoms with Gasteiger partial charge in [-0.2, -0.15) is 0 Å². The van der Waals surface area contributed by atoms with Gasteiger partial charge in [-0.05, 0) is 31.4 Å². The maximum Gasteiger partial charge on any atom is 0.228 e. The Balaban J connectivity index is 2.08. The molecule has 3 N–H and O–H groups in total. The average Bonchev–Trinajstić information content (AvgIpc) is 2.18. The molecule has 3 nitrogen and oxygen atoms in total. The van der Waals surface area contributed by atoms with E-state index in [1.165, 1.54) is 5.56 Å². The molecule has 0 spiro atoms. The van der Waals surface area contributed by atoms with Crippen LogP contribution in [0.3, 0.4) is 0 Å². The van der Waals surface area contributed by atoms with Gasteiger partial charge in [-0.25, -0.2) is 0 Å². The quantitative estimate of drug-likeness (QED) is 0.797. The van der Waals surface area contributed by atoms with Crippen molar-refractivity contribution in [3.8, 4) is 0 Å². The minimum Gasteiger partial charge on any atom is -0.391 e. The Kier molecular flexibility index (Phi) is 2.91. The van der Waals surface area contributed by atoms with Crippen molar-refractivity contribution < 1.29 is 4.79 Å². The van der Waals surface area contributed by atoms with Gasteiger partial charge in [-0.3, -0.25) is 4.79 Å². The molecule has 0 aliphatic heterocycles. The molecular weight excluding hydrogens is 232 g/mol. The van der Waals surface area contributed by atoms with Crippen LogP contribution >= 0.6 is 12.2 Å². The Morgan fingerprint density at radius 1 is 1.47 bits per heavy atom. The van der Waals surface area contributed by atoms with Crippen LogP contribution in [0, 0.1) is 0 Å². The second-order valence-corrected chi connectivity index (χ2v) is 5.37. The Hall–Kier alpha value is -1.42. The van der Waals surface area contributed by atoms with Crippen LogP contribution in [0.15, 0.2) is 24.3 Å². The van der Waals surface area contributed by atoms with E-state index < -0.39 is 5.54 Å². The van der Waals surface area contributed by atoms with E-state index in [9.17, 15) is 4.79 Å². The molecule has 17 heavy (non-hydrogen) atoms. The number of carbonyl (C=O) groups excluding carboxylic acids is 1. The van der Waals surface area contributed by atoms with E-state index in [4.69, 9.17) is 18.0 Å². The first-order valence-corrected chi connectivity index (χ1v) is 6.02. The van der Waals surface area contributed by atoms with E-state index >= 15 is 0 Å².